The van der Waals surface area contributed by atoms with Crippen LogP contribution >= 0.6 is 11.6 Å². The molecule has 0 radical (unpaired) electrons. The van der Waals surface area contributed by atoms with Gasteiger partial charge in [-0.2, -0.15) is 0 Å². The van der Waals surface area contributed by atoms with Crippen molar-refractivity contribution in [3.8, 4) is 5.75 Å². The standard InChI is InChI=1S/C12H14ClNO3/c1-3-17-8-7-11(15)14-10-6-4-5-9(13)12(10)16-2/h4-8H,3H2,1-2H3,(H,14,15). The third-order valence-corrected chi connectivity index (χ3v) is 2.21. The Bertz CT molecular complexity index is 418. The van der Waals surface area contributed by atoms with E-state index in [1.165, 1.54) is 19.4 Å². The van der Waals surface area contributed by atoms with Gasteiger partial charge >= 0.3 is 0 Å². The summed E-state index contributed by atoms with van der Waals surface area (Å²) in [6.07, 6.45) is 2.64. The Morgan fingerprint density at radius 3 is 2.94 bits per heavy atom. The number of anilines is 1. The van der Waals surface area contributed by atoms with Crippen LogP contribution in [0.1, 0.15) is 6.92 Å². The number of para-hydroxylation sites is 1. The lowest BCUT2D eigenvalue weighted by Gasteiger charge is -2.09. The normalized spacial score (nSPS) is 10.3. The molecule has 0 saturated carbocycles. The van der Waals surface area contributed by atoms with Crippen LogP contribution in [0.4, 0.5) is 5.69 Å². The van der Waals surface area contributed by atoms with Crippen molar-refractivity contribution in [3.05, 3.63) is 35.6 Å². The molecule has 1 rings (SSSR count). The van der Waals surface area contributed by atoms with Crippen molar-refractivity contribution < 1.29 is 14.3 Å². The van der Waals surface area contributed by atoms with Gasteiger partial charge in [-0.15, -0.1) is 0 Å². The minimum absolute atomic E-state index is 0.306. The van der Waals surface area contributed by atoms with Gasteiger partial charge in [0.2, 0.25) is 0 Å². The number of carbonyl (C=O) groups excluding carboxylic acids is 1. The van der Waals surface area contributed by atoms with E-state index in [0.29, 0.717) is 23.1 Å². The number of benzene rings is 1. The number of rotatable bonds is 5. The third kappa shape index (κ3) is 4.00. The molecule has 0 atom stereocenters. The molecule has 1 aromatic rings. The first-order chi connectivity index (χ1) is 8.19. The fourth-order valence-corrected chi connectivity index (χ4v) is 1.45. The number of hydrogen-bond donors (Lipinski definition) is 1. The predicted octanol–water partition coefficient (Wildman–Crippen LogP) is 2.84. The Morgan fingerprint density at radius 1 is 1.53 bits per heavy atom. The van der Waals surface area contributed by atoms with E-state index in [1.807, 2.05) is 6.92 Å². The molecule has 4 nitrogen and oxygen atoms in total. The Morgan fingerprint density at radius 2 is 2.29 bits per heavy atom. The van der Waals surface area contributed by atoms with Gasteiger partial charge in [0.05, 0.1) is 30.7 Å². The summed E-state index contributed by atoms with van der Waals surface area (Å²) in [5, 5.41) is 3.09. The molecule has 0 aliphatic carbocycles. The minimum Gasteiger partial charge on any atom is -0.501 e. The van der Waals surface area contributed by atoms with E-state index in [0.717, 1.165) is 0 Å². The monoisotopic (exact) mass is 255 g/mol. The summed E-state index contributed by atoms with van der Waals surface area (Å²) in [7, 11) is 1.49. The molecule has 0 heterocycles. The van der Waals surface area contributed by atoms with Crippen molar-refractivity contribution in [2.45, 2.75) is 6.92 Å². The Balaban J connectivity index is 2.74. The average Bonchev–Trinajstić information content (AvgIpc) is 2.29. The van der Waals surface area contributed by atoms with E-state index in [4.69, 9.17) is 21.1 Å². The van der Waals surface area contributed by atoms with Crippen molar-refractivity contribution in [3.63, 3.8) is 0 Å². The first-order valence-corrected chi connectivity index (χ1v) is 5.48. The van der Waals surface area contributed by atoms with Crippen molar-refractivity contribution in [1.82, 2.24) is 0 Å². The minimum atomic E-state index is -0.306. The zero-order chi connectivity index (χ0) is 12.7. The summed E-state index contributed by atoms with van der Waals surface area (Å²) >= 11 is 5.92. The van der Waals surface area contributed by atoms with E-state index in [1.54, 1.807) is 18.2 Å². The molecule has 1 amide bonds. The van der Waals surface area contributed by atoms with Crippen LogP contribution in [0, 0.1) is 0 Å². The fourth-order valence-electron chi connectivity index (χ4n) is 1.20. The van der Waals surface area contributed by atoms with Crippen molar-refractivity contribution >= 4 is 23.2 Å². The SMILES string of the molecule is CCOC=CC(=O)Nc1cccc(Cl)c1OC. The van der Waals surface area contributed by atoms with Crippen LogP contribution in [0.5, 0.6) is 5.75 Å². The number of carbonyl (C=O) groups is 1. The summed E-state index contributed by atoms with van der Waals surface area (Å²) in [6, 6.07) is 5.12. The molecule has 5 heteroatoms. The zero-order valence-electron chi connectivity index (χ0n) is 9.70. The first-order valence-electron chi connectivity index (χ1n) is 5.10. The highest BCUT2D eigenvalue weighted by Crippen LogP contribution is 2.32. The van der Waals surface area contributed by atoms with Gasteiger partial charge < -0.3 is 14.8 Å². The molecule has 0 spiro atoms. The number of amides is 1. The van der Waals surface area contributed by atoms with E-state index in [2.05, 4.69) is 5.32 Å². The molecule has 0 aliphatic heterocycles. The lowest BCUT2D eigenvalue weighted by atomic mass is 10.3. The van der Waals surface area contributed by atoms with Crippen LogP contribution < -0.4 is 10.1 Å². The van der Waals surface area contributed by atoms with Gasteiger partial charge in [0.25, 0.3) is 5.91 Å². The third-order valence-electron chi connectivity index (χ3n) is 1.91. The van der Waals surface area contributed by atoms with E-state index < -0.39 is 0 Å². The molecule has 0 bridgehead atoms. The molecular weight excluding hydrogens is 242 g/mol. The Labute approximate surface area is 105 Å². The molecule has 17 heavy (non-hydrogen) atoms. The Hall–Kier alpha value is -1.68. The van der Waals surface area contributed by atoms with Crippen LogP contribution in [0.15, 0.2) is 30.5 Å². The summed E-state index contributed by atoms with van der Waals surface area (Å²) in [5.74, 6) is 0.131. The van der Waals surface area contributed by atoms with E-state index in [9.17, 15) is 4.79 Å². The van der Waals surface area contributed by atoms with Crippen LogP contribution in [-0.4, -0.2) is 19.6 Å². The van der Waals surface area contributed by atoms with Crippen molar-refractivity contribution in [2.24, 2.45) is 0 Å². The predicted molar refractivity (Wildman–Crippen MR) is 67.4 cm³/mol. The van der Waals surface area contributed by atoms with Gasteiger partial charge in [-0.3, -0.25) is 4.79 Å². The second-order valence-corrected chi connectivity index (χ2v) is 3.48. The maximum atomic E-state index is 11.5. The van der Waals surface area contributed by atoms with Crippen LogP contribution in [0.25, 0.3) is 0 Å². The molecule has 0 unspecified atom stereocenters. The highest BCUT2D eigenvalue weighted by atomic mass is 35.5. The smallest absolute Gasteiger partial charge is 0.251 e. The molecule has 1 N–H and O–H groups in total. The van der Waals surface area contributed by atoms with Gasteiger partial charge in [-0.25, -0.2) is 0 Å². The molecule has 0 saturated heterocycles. The van der Waals surface area contributed by atoms with Gasteiger partial charge in [-0.1, -0.05) is 17.7 Å². The van der Waals surface area contributed by atoms with Gasteiger partial charge in [-0.05, 0) is 19.1 Å². The highest BCUT2D eigenvalue weighted by molar-refractivity contribution is 6.32. The molecule has 0 fully saturated rings. The zero-order valence-corrected chi connectivity index (χ0v) is 10.5. The summed E-state index contributed by atoms with van der Waals surface area (Å²) in [6.45, 7) is 2.35. The maximum Gasteiger partial charge on any atom is 0.251 e. The van der Waals surface area contributed by atoms with E-state index >= 15 is 0 Å². The summed E-state index contributed by atoms with van der Waals surface area (Å²) in [4.78, 5) is 11.5. The van der Waals surface area contributed by atoms with Gasteiger partial charge in [0.15, 0.2) is 5.75 Å². The Kier molecular flexibility index (Phi) is 5.36. The molecule has 1 aromatic carbocycles. The second-order valence-electron chi connectivity index (χ2n) is 3.07. The largest absolute Gasteiger partial charge is 0.501 e. The first kappa shape index (κ1) is 13.4. The number of ether oxygens (including phenoxy) is 2. The van der Waals surface area contributed by atoms with Gasteiger partial charge in [0, 0.05) is 6.08 Å². The molecule has 0 aliphatic rings. The molecule has 92 valence electrons. The maximum absolute atomic E-state index is 11.5. The number of methoxy groups -OCH3 is 1. The van der Waals surface area contributed by atoms with Crippen LogP contribution in [0.2, 0.25) is 5.02 Å². The van der Waals surface area contributed by atoms with Gasteiger partial charge in [0.1, 0.15) is 0 Å². The van der Waals surface area contributed by atoms with Crippen LogP contribution in [0.3, 0.4) is 0 Å². The quantitative estimate of drug-likeness (QED) is 0.650. The van der Waals surface area contributed by atoms with E-state index in [-0.39, 0.29) is 5.91 Å². The number of halogens is 1. The van der Waals surface area contributed by atoms with Crippen molar-refractivity contribution in [1.29, 1.82) is 0 Å². The number of hydrogen-bond acceptors (Lipinski definition) is 3. The van der Waals surface area contributed by atoms with Crippen molar-refractivity contribution in [2.75, 3.05) is 19.0 Å². The highest BCUT2D eigenvalue weighted by Gasteiger charge is 2.08. The lowest BCUT2D eigenvalue weighted by molar-refractivity contribution is -0.112. The second kappa shape index (κ2) is 6.81. The average molecular weight is 256 g/mol. The summed E-state index contributed by atoms with van der Waals surface area (Å²) in [5.41, 5.74) is 0.520. The topological polar surface area (TPSA) is 47.6 Å². The molecular formula is C12H14ClNO3. The lowest BCUT2D eigenvalue weighted by Crippen LogP contribution is -2.09. The van der Waals surface area contributed by atoms with Crippen LogP contribution in [-0.2, 0) is 9.53 Å². The molecule has 0 aromatic heterocycles. The number of nitrogens with one attached hydrogen (secondary N) is 1. The fraction of sp³-hybridized carbons (Fsp3) is 0.250. The summed E-state index contributed by atoms with van der Waals surface area (Å²) < 4.78 is 10.0.